The van der Waals surface area contributed by atoms with E-state index >= 15 is 0 Å². The van der Waals surface area contributed by atoms with E-state index in [9.17, 15) is 22.0 Å². The van der Waals surface area contributed by atoms with Crippen molar-refractivity contribution in [3.05, 3.63) is 46.0 Å². The number of hydrogen-bond donors (Lipinski definition) is 0. The second-order valence-corrected chi connectivity index (χ2v) is 4.61. The molecule has 0 bridgehead atoms. The van der Waals surface area contributed by atoms with Gasteiger partial charge in [0.2, 0.25) is 5.82 Å². The second-order valence-electron chi connectivity index (χ2n) is 4.43. The molecule has 0 radical (unpaired) electrons. The van der Waals surface area contributed by atoms with E-state index in [1.54, 1.807) is 6.92 Å². The smallest absolute Gasteiger partial charge is 0.200 e. The first-order valence-electron chi connectivity index (χ1n) is 5.91. The maximum absolute atomic E-state index is 13.7. The molecule has 2 aromatic rings. The molecule has 0 saturated carbocycles. The van der Waals surface area contributed by atoms with Gasteiger partial charge in [0, 0.05) is 0 Å². The van der Waals surface area contributed by atoms with Crippen LogP contribution in [-0.4, -0.2) is 14.9 Å². The normalized spacial score (nSPS) is 10.7. The van der Waals surface area contributed by atoms with Crippen LogP contribution in [-0.2, 0) is 6.54 Å². The molecule has 9 heteroatoms. The summed E-state index contributed by atoms with van der Waals surface area (Å²) in [4.78, 5) is 3.75. The minimum atomic E-state index is -2.20. The zero-order chi connectivity index (χ0) is 16.6. The van der Waals surface area contributed by atoms with Gasteiger partial charge in [-0.3, -0.25) is 4.68 Å². The third kappa shape index (κ3) is 2.53. The summed E-state index contributed by atoms with van der Waals surface area (Å²) < 4.78 is 67.8. The van der Waals surface area contributed by atoms with Crippen molar-refractivity contribution in [1.82, 2.24) is 9.78 Å². The molecule has 0 unspecified atom stereocenters. The van der Waals surface area contributed by atoms with Gasteiger partial charge in [-0.25, -0.2) is 22.0 Å². The van der Waals surface area contributed by atoms with Crippen LogP contribution < -0.4 is 0 Å². The lowest BCUT2D eigenvalue weighted by atomic mass is 10.1. The summed E-state index contributed by atoms with van der Waals surface area (Å²) in [5.41, 5.74) is 0.108. The Morgan fingerprint density at radius 1 is 1.00 bits per heavy atom. The first kappa shape index (κ1) is 16.3. The predicted molar refractivity (Wildman–Crippen MR) is 71.7 cm³/mol. The van der Waals surface area contributed by atoms with Crippen LogP contribution in [0.2, 0.25) is 0 Å². The van der Waals surface area contributed by atoms with Crippen molar-refractivity contribution < 1.29 is 22.0 Å². The molecular weight excluding hydrogens is 325 g/mol. The topological polar surface area (TPSA) is 30.2 Å². The third-order valence-electron chi connectivity index (χ3n) is 3.11. The molecular formula is C13H8F5N3S. The molecule has 0 atom stereocenters. The van der Waals surface area contributed by atoms with E-state index in [0.717, 1.165) is 4.68 Å². The highest BCUT2D eigenvalue weighted by molar-refractivity contribution is 7.78. The molecule has 0 saturated heterocycles. The van der Waals surface area contributed by atoms with Crippen molar-refractivity contribution >= 4 is 23.1 Å². The largest absolute Gasteiger partial charge is 0.263 e. The summed E-state index contributed by atoms with van der Waals surface area (Å²) in [5.74, 6) is -9.95. The average molecular weight is 333 g/mol. The van der Waals surface area contributed by atoms with E-state index in [-0.39, 0.29) is 0 Å². The molecule has 2 rings (SSSR count). The Labute approximate surface area is 127 Å². The quantitative estimate of drug-likeness (QED) is 0.280. The van der Waals surface area contributed by atoms with Gasteiger partial charge < -0.3 is 0 Å². The predicted octanol–water partition coefficient (Wildman–Crippen LogP) is 3.98. The number of isothiocyanates is 1. The Morgan fingerprint density at radius 3 is 2.00 bits per heavy atom. The van der Waals surface area contributed by atoms with E-state index in [1.165, 1.54) is 6.92 Å². The van der Waals surface area contributed by atoms with E-state index in [1.807, 2.05) is 0 Å². The van der Waals surface area contributed by atoms with Gasteiger partial charge in [0.05, 0.1) is 28.7 Å². The molecule has 0 amide bonds. The summed E-state index contributed by atoms with van der Waals surface area (Å²) >= 11 is 4.47. The van der Waals surface area contributed by atoms with Crippen LogP contribution in [0.4, 0.5) is 27.6 Å². The zero-order valence-electron chi connectivity index (χ0n) is 11.3. The maximum atomic E-state index is 13.7. The standard InChI is InChI=1S/C13H8F5N3S/c1-5-13(19-4-22)6(2)21(20-5)3-7-8(14)10(16)12(18)11(17)9(7)15/h3H2,1-2H3. The zero-order valence-corrected chi connectivity index (χ0v) is 12.2. The SMILES string of the molecule is Cc1nn(Cc2c(F)c(F)c(F)c(F)c2F)c(C)c1N=C=S. The van der Waals surface area contributed by atoms with Gasteiger partial charge >= 0.3 is 0 Å². The monoisotopic (exact) mass is 333 g/mol. The fourth-order valence-electron chi connectivity index (χ4n) is 1.99. The van der Waals surface area contributed by atoms with Crippen molar-refractivity contribution in [2.24, 2.45) is 4.99 Å². The Balaban J connectivity index is 2.58. The minimum Gasteiger partial charge on any atom is -0.263 e. The number of nitrogens with zero attached hydrogens (tertiary/aromatic N) is 3. The molecule has 1 aromatic carbocycles. The summed E-state index contributed by atoms with van der Waals surface area (Å²) in [6.45, 7) is 2.45. The van der Waals surface area contributed by atoms with Crippen molar-refractivity contribution in [3.63, 3.8) is 0 Å². The van der Waals surface area contributed by atoms with Crippen molar-refractivity contribution in [1.29, 1.82) is 0 Å². The van der Waals surface area contributed by atoms with Crippen LogP contribution in [0.5, 0.6) is 0 Å². The second kappa shape index (κ2) is 5.94. The Hall–Kier alpha value is -2.12. The highest BCUT2D eigenvalue weighted by Crippen LogP contribution is 2.27. The van der Waals surface area contributed by atoms with Crippen molar-refractivity contribution in [2.45, 2.75) is 20.4 Å². The molecule has 3 nitrogen and oxygen atoms in total. The molecule has 0 spiro atoms. The Morgan fingerprint density at radius 2 is 1.50 bits per heavy atom. The van der Waals surface area contributed by atoms with Crippen LogP contribution in [0.1, 0.15) is 17.0 Å². The number of aromatic nitrogens is 2. The van der Waals surface area contributed by atoms with Gasteiger partial charge in [-0.1, -0.05) is 0 Å². The summed E-state index contributed by atoms with van der Waals surface area (Å²) in [6, 6.07) is 0. The molecule has 0 aliphatic carbocycles. The van der Waals surface area contributed by atoms with E-state index in [0.29, 0.717) is 17.1 Å². The van der Waals surface area contributed by atoms with Crippen LogP contribution in [0.15, 0.2) is 4.99 Å². The number of benzene rings is 1. The molecule has 0 aliphatic heterocycles. The molecule has 0 N–H and O–H groups in total. The Bertz CT molecular complexity index is 780. The first-order chi connectivity index (χ1) is 10.3. The van der Waals surface area contributed by atoms with Crippen LogP contribution in [0.25, 0.3) is 0 Å². The fraction of sp³-hybridized carbons (Fsp3) is 0.231. The highest BCUT2D eigenvalue weighted by Gasteiger charge is 2.26. The summed E-state index contributed by atoms with van der Waals surface area (Å²) in [6.07, 6.45) is 0. The Kier molecular flexibility index (Phi) is 4.39. The summed E-state index contributed by atoms with van der Waals surface area (Å²) in [7, 11) is 0. The number of halogens is 5. The van der Waals surface area contributed by atoms with Crippen molar-refractivity contribution in [3.8, 4) is 0 Å². The van der Waals surface area contributed by atoms with Gasteiger partial charge in [0.15, 0.2) is 23.3 Å². The lowest BCUT2D eigenvalue weighted by Gasteiger charge is -2.09. The lowest BCUT2D eigenvalue weighted by Crippen LogP contribution is -2.12. The van der Waals surface area contributed by atoms with Gasteiger partial charge in [0.1, 0.15) is 5.69 Å². The van der Waals surface area contributed by atoms with Crippen LogP contribution in [0, 0.1) is 42.9 Å². The molecule has 116 valence electrons. The molecule has 22 heavy (non-hydrogen) atoms. The molecule has 1 heterocycles. The molecule has 1 aromatic heterocycles. The van der Waals surface area contributed by atoms with E-state index in [4.69, 9.17) is 0 Å². The average Bonchev–Trinajstić information content (AvgIpc) is 2.75. The number of hydrogen-bond acceptors (Lipinski definition) is 3. The van der Waals surface area contributed by atoms with E-state index in [2.05, 4.69) is 27.5 Å². The summed E-state index contributed by atoms with van der Waals surface area (Å²) in [5, 5.41) is 6.08. The van der Waals surface area contributed by atoms with Gasteiger partial charge in [0.25, 0.3) is 0 Å². The molecule has 0 fully saturated rings. The van der Waals surface area contributed by atoms with Crippen LogP contribution in [0.3, 0.4) is 0 Å². The van der Waals surface area contributed by atoms with Gasteiger partial charge in [-0.05, 0) is 26.1 Å². The number of thiocarbonyl (C=S) groups is 1. The minimum absolute atomic E-state index is 0.332. The maximum Gasteiger partial charge on any atom is 0.200 e. The first-order valence-corrected chi connectivity index (χ1v) is 6.32. The van der Waals surface area contributed by atoms with Gasteiger partial charge in [-0.2, -0.15) is 10.1 Å². The van der Waals surface area contributed by atoms with Crippen LogP contribution >= 0.6 is 12.2 Å². The third-order valence-corrected chi connectivity index (χ3v) is 3.20. The number of aryl methyl sites for hydroxylation is 1. The number of aliphatic imine (C=N–C) groups is 1. The number of rotatable bonds is 3. The van der Waals surface area contributed by atoms with Crippen molar-refractivity contribution in [2.75, 3.05) is 0 Å². The molecule has 0 aliphatic rings. The van der Waals surface area contributed by atoms with E-state index < -0.39 is 41.2 Å². The fourth-order valence-corrected chi connectivity index (χ4v) is 2.08. The highest BCUT2D eigenvalue weighted by atomic mass is 32.1. The lowest BCUT2D eigenvalue weighted by molar-refractivity contribution is 0.366. The van der Waals surface area contributed by atoms with Gasteiger partial charge in [-0.15, -0.1) is 0 Å².